The monoisotopic (exact) mass is 513 g/mol. The van der Waals surface area contributed by atoms with E-state index in [1.165, 1.54) is 4.68 Å². The summed E-state index contributed by atoms with van der Waals surface area (Å²) < 4.78 is 8.26. The first kappa shape index (κ1) is 21.8. The van der Waals surface area contributed by atoms with Gasteiger partial charge in [0.15, 0.2) is 5.82 Å². The Morgan fingerprint density at radius 1 is 1.06 bits per heavy atom. The number of benzene rings is 3. The SMILES string of the molecule is Cc1ccccc1OCc1nc2ccccc2c(=O)n1N=Cc1cn[nH]c1-c1ccc(Br)cc1. The Kier molecular flexibility index (Phi) is 6.05. The summed E-state index contributed by atoms with van der Waals surface area (Å²) >= 11 is 3.45. The Bertz CT molecular complexity index is 1550. The van der Waals surface area contributed by atoms with Crippen molar-refractivity contribution < 1.29 is 4.74 Å². The van der Waals surface area contributed by atoms with Crippen LogP contribution >= 0.6 is 15.9 Å². The molecule has 5 aromatic rings. The van der Waals surface area contributed by atoms with Crippen molar-refractivity contribution in [2.75, 3.05) is 0 Å². The Labute approximate surface area is 203 Å². The lowest BCUT2D eigenvalue weighted by atomic mass is 10.1. The lowest BCUT2D eigenvalue weighted by molar-refractivity contribution is 0.287. The molecule has 0 aliphatic rings. The molecule has 3 aromatic carbocycles. The maximum atomic E-state index is 13.3. The first-order chi connectivity index (χ1) is 16.6. The number of rotatable bonds is 6. The molecule has 34 heavy (non-hydrogen) atoms. The summed E-state index contributed by atoms with van der Waals surface area (Å²) in [7, 11) is 0. The summed E-state index contributed by atoms with van der Waals surface area (Å²) in [5.41, 5.74) is 3.83. The molecule has 0 atom stereocenters. The van der Waals surface area contributed by atoms with Gasteiger partial charge in [0.25, 0.3) is 5.56 Å². The van der Waals surface area contributed by atoms with Crippen molar-refractivity contribution in [2.45, 2.75) is 13.5 Å². The number of fused-ring (bicyclic) bond motifs is 1. The van der Waals surface area contributed by atoms with Gasteiger partial charge in [-0.25, -0.2) is 4.98 Å². The Hall–Kier alpha value is -4.04. The molecule has 0 amide bonds. The smallest absolute Gasteiger partial charge is 0.282 e. The quantitative estimate of drug-likeness (QED) is 0.311. The molecule has 168 valence electrons. The number of ether oxygens (including phenoxy) is 1. The van der Waals surface area contributed by atoms with E-state index in [1.54, 1.807) is 18.5 Å². The number of hydrogen-bond donors (Lipinski definition) is 1. The highest BCUT2D eigenvalue weighted by Crippen LogP contribution is 2.22. The fourth-order valence-corrected chi connectivity index (χ4v) is 3.87. The Morgan fingerprint density at radius 2 is 1.82 bits per heavy atom. The molecular formula is C26H20BrN5O2. The molecule has 1 N–H and O–H groups in total. The average molecular weight is 514 g/mol. The van der Waals surface area contributed by atoms with Crippen LogP contribution in [0.25, 0.3) is 22.2 Å². The van der Waals surface area contributed by atoms with Gasteiger partial charge in [-0.05, 0) is 42.8 Å². The molecule has 0 aliphatic heterocycles. The number of halogens is 1. The lowest BCUT2D eigenvalue weighted by Crippen LogP contribution is -2.23. The Morgan fingerprint density at radius 3 is 2.65 bits per heavy atom. The standard InChI is InChI=1S/C26H20BrN5O2/c1-17-6-2-5-9-23(17)34-16-24-30-22-8-4-3-7-21(22)26(33)32(24)29-15-19-14-28-31-25(19)18-10-12-20(27)13-11-18/h2-15H,16H2,1H3,(H,28,31). The van der Waals surface area contributed by atoms with E-state index >= 15 is 0 Å². The highest BCUT2D eigenvalue weighted by atomic mass is 79.9. The van der Waals surface area contributed by atoms with Crippen LogP contribution in [0.15, 0.2) is 93.4 Å². The number of hydrogen-bond acceptors (Lipinski definition) is 5. The molecule has 0 bridgehead atoms. The maximum absolute atomic E-state index is 13.3. The number of aromatic nitrogens is 4. The van der Waals surface area contributed by atoms with Gasteiger partial charge in [-0.3, -0.25) is 9.89 Å². The van der Waals surface area contributed by atoms with Gasteiger partial charge >= 0.3 is 0 Å². The second kappa shape index (κ2) is 9.44. The zero-order valence-electron chi connectivity index (χ0n) is 18.3. The van der Waals surface area contributed by atoms with Gasteiger partial charge in [0.05, 0.1) is 29.0 Å². The maximum Gasteiger partial charge on any atom is 0.282 e. The van der Waals surface area contributed by atoms with Crippen LogP contribution in [0.3, 0.4) is 0 Å². The van der Waals surface area contributed by atoms with Crippen LogP contribution in [0.2, 0.25) is 0 Å². The van der Waals surface area contributed by atoms with Crippen molar-refractivity contribution in [1.29, 1.82) is 0 Å². The number of aromatic amines is 1. The van der Waals surface area contributed by atoms with Crippen LogP contribution in [0.4, 0.5) is 0 Å². The first-order valence-electron chi connectivity index (χ1n) is 10.6. The number of nitrogens with one attached hydrogen (secondary N) is 1. The second-order valence-electron chi connectivity index (χ2n) is 7.67. The molecule has 5 rings (SSSR count). The fourth-order valence-electron chi connectivity index (χ4n) is 3.60. The van der Waals surface area contributed by atoms with E-state index in [2.05, 4.69) is 36.2 Å². The van der Waals surface area contributed by atoms with Crippen LogP contribution in [-0.2, 0) is 6.61 Å². The van der Waals surface area contributed by atoms with Crippen molar-refractivity contribution >= 4 is 33.0 Å². The highest BCUT2D eigenvalue weighted by Gasteiger charge is 2.13. The predicted molar refractivity (Wildman–Crippen MR) is 136 cm³/mol. The van der Waals surface area contributed by atoms with Gasteiger partial charge in [-0.1, -0.05) is 58.4 Å². The van der Waals surface area contributed by atoms with E-state index in [0.29, 0.717) is 16.7 Å². The molecule has 8 heteroatoms. The molecular weight excluding hydrogens is 494 g/mol. The minimum absolute atomic E-state index is 0.0905. The normalized spacial score (nSPS) is 11.4. The molecule has 2 heterocycles. The number of nitrogens with zero attached hydrogens (tertiary/aromatic N) is 4. The van der Waals surface area contributed by atoms with Crippen LogP contribution in [0.1, 0.15) is 17.0 Å². The fraction of sp³-hybridized carbons (Fsp3) is 0.0769. The minimum atomic E-state index is -0.265. The number of H-pyrrole nitrogens is 1. The minimum Gasteiger partial charge on any atom is -0.485 e. The predicted octanol–water partition coefficient (Wildman–Crippen LogP) is 5.32. The van der Waals surface area contributed by atoms with E-state index in [9.17, 15) is 4.79 Å². The van der Waals surface area contributed by atoms with E-state index < -0.39 is 0 Å². The van der Waals surface area contributed by atoms with E-state index in [1.807, 2.05) is 73.7 Å². The highest BCUT2D eigenvalue weighted by molar-refractivity contribution is 9.10. The largest absolute Gasteiger partial charge is 0.485 e. The van der Waals surface area contributed by atoms with Gasteiger partial charge in [-0.2, -0.15) is 14.9 Å². The zero-order valence-corrected chi connectivity index (χ0v) is 19.9. The number of para-hydroxylation sites is 2. The van der Waals surface area contributed by atoms with E-state index in [4.69, 9.17) is 4.74 Å². The zero-order chi connectivity index (χ0) is 23.5. The number of aryl methyl sites for hydroxylation is 1. The van der Waals surface area contributed by atoms with Crippen LogP contribution in [0, 0.1) is 6.92 Å². The van der Waals surface area contributed by atoms with Gasteiger partial charge < -0.3 is 4.74 Å². The Balaban J connectivity index is 1.54. The van der Waals surface area contributed by atoms with Gasteiger partial charge in [0.1, 0.15) is 12.4 Å². The van der Waals surface area contributed by atoms with E-state index in [-0.39, 0.29) is 12.2 Å². The van der Waals surface area contributed by atoms with Crippen molar-refractivity contribution in [3.05, 3.63) is 111 Å². The third kappa shape index (κ3) is 4.40. The summed E-state index contributed by atoms with van der Waals surface area (Å²) in [5.74, 6) is 1.13. The molecule has 0 radical (unpaired) electrons. The van der Waals surface area contributed by atoms with Crippen molar-refractivity contribution in [2.24, 2.45) is 5.10 Å². The summed E-state index contributed by atoms with van der Waals surface area (Å²) in [4.78, 5) is 18.0. The summed E-state index contributed by atoms with van der Waals surface area (Å²) in [6.45, 7) is 2.06. The van der Waals surface area contributed by atoms with Gasteiger partial charge in [0.2, 0.25) is 0 Å². The third-order valence-electron chi connectivity index (χ3n) is 5.39. The average Bonchev–Trinajstić information content (AvgIpc) is 3.32. The van der Waals surface area contributed by atoms with Gasteiger partial charge in [-0.15, -0.1) is 0 Å². The van der Waals surface area contributed by atoms with Crippen LogP contribution in [0.5, 0.6) is 5.75 Å². The second-order valence-corrected chi connectivity index (χ2v) is 8.58. The van der Waals surface area contributed by atoms with Crippen molar-refractivity contribution in [3.63, 3.8) is 0 Å². The molecule has 2 aromatic heterocycles. The topological polar surface area (TPSA) is 85.2 Å². The molecule has 0 fully saturated rings. The molecule has 0 saturated carbocycles. The van der Waals surface area contributed by atoms with Crippen LogP contribution in [-0.4, -0.2) is 26.1 Å². The molecule has 0 aliphatic carbocycles. The lowest BCUT2D eigenvalue weighted by Gasteiger charge is -2.12. The summed E-state index contributed by atoms with van der Waals surface area (Å²) in [6, 6.07) is 22.8. The van der Waals surface area contributed by atoms with E-state index in [0.717, 1.165) is 32.6 Å². The molecule has 7 nitrogen and oxygen atoms in total. The summed E-state index contributed by atoms with van der Waals surface area (Å²) in [5, 5.41) is 12.2. The van der Waals surface area contributed by atoms with Crippen molar-refractivity contribution in [3.8, 4) is 17.0 Å². The van der Waals surface area contributed by atoms with Crippen molar-refractivity contribution in [1.82, 2.24) is 19.9 Å². The molecule has 0 spiro atoms. The summed E-state index contributed by atoms with van der Waals surface area (Å²) in [6.07, 6.45) is 3.28. The molecule has 0 unspecified atom stereocenters. The first-order valence-corrected chi connectivity index (χ1v) is 11.4. The van der Waals surface area contributed by atoms with Crippen LogP contribution < -0.4 is 10.3 Å². The van der Waals surface area contributed by atoms with Gasteiger partial charge in [0, 0.05) is 15.6 Å². The molecule has 0 saturated heterocycles. The third-order valence-corrected chi connectivity index (χ3v) is 5.91.